The minimum atomic E-state index is -0.450. The van der Waals surface area contributed by atoms with Crippen LogP contribution in [0.5, 0.6) is 11.5 Å². The Morgan fingerprint density at radius 3 is 2.57 bits per heavy atom. The number of carbonyl (C=O) groups excluding carboxylic acids is 2. The molecule has 0 radical (unpaired) electrons. The van der Waals surface area contributed by atoms with Crippen LogP contribution in [0.4, 0.5) is 4.79 Å². The van der Waals surface area contributed by atoms with Crippen molar-refractivity contribution in [1.82, 2.24) is 14.8 Å². The molecule has 2 amide bonds. The highest BCUT2D eigenvalue weighted by atomic mass is 16.6. The fraction of sp³-hybridized carbons (Fsp3) is 0.250. The molecule has 0 saturated carbocycles. The van der Waals surface area contributed by atoms with E-state index in [0.29, 0.717) is 43.3 Å². The standard InChI is InChI=1S/C20H19N3O5/c1-26-16-6-2-4-14-12-17(28-18(14)16)19(24)22-8-10-23(11-9-22)20(25)27-15-5-3-7-21-13-15/h2-7,12-13H,8-11H2,1H3. The molecule has 1 fully saturated rings. The minimum absolute atomic E-state index is 0.210. The molecule has 0 aliphatic carbocycles. The first-order valence-electron chi connectivity index (χ1n) is 8.88. The lowest BCUT2D eigenvalue weighted by atomic mass is 10.2. The number of hydrogen-bond acceptors (Lipinski definition) is 6. The molecule has 1 aliphatic heterocycles. The lowest BCUT2D eigenvalue weighted by Crippen LogP contribution is -2.51. The molecule has 28 heavy (non-hydrogen) atoms. The highest BCUT2D eigenvalue weighted by Gasteiger charge is 2.28. The maximum atomic E-state index is 12.8. The first-order chi connectivity index (χ1) is 13.7. The van der Waals surface area contributed by atoms with Crippen molar-refractivity contribution in [3.63, 3.8) is 0 Å². The first-order valence-corrected chi connectivity index (χ1v) is 8.88. The zero-order valence-corrected chi connectivity index (χ0v) is 15.3. The second-order valence-electron chi connectivity index (χ2n) is 6.33. The molecule has 8 heteroatoms. The average Bonchev–Trinajstić information content (AvgIpc) is 3.18. The summed E-state index contributed by atoms with van der Waals surface area (Å²) in [5.74, 6) is 1.02. The Morgan fingerprint density at radius 2 is 1.86 bits per heavy atom. The van der Waals surface area contributed by atoms with Gasteiger partial charge in [0, 0.05) is 37.8 Å². The number of aromatic nitrogens is 1. The third kappa shape index (κ3) is 3.48. The van der Waals surface area contributed by atoms with Gasteiger partial charge in [-0.2, -0.15) is 0 Å². The molecular weight excluding hydrogens is 362 g/mol. The van der Waals surface area contributed by atoms with Crippen LogP contribution in [0.1, 0.15) is 10.6 Å². The summed E-state index contributed by atoms with van der Waals surface area (Å²) in [6.07, 6.45) is 2.64. The van der Waals surface area contributed by atoms with Crippen molar-refractivity contribution in [3.05, 3.63) is 54.6 Å². The van der Waals surface area contributed by atoms with E-state index in [1.165, 1.54) is 6.20 Å². The Kier molecular flexibility index (Phi) is 4.84. The summed E-state index contributed by atoms with van der Waals surface area (Å²) < 4.78 is 16.3. The van der Waals surface area contributed by atoms with Crippen molar-refractivity contribution in [2.24, 2.45) is 0 Å². The van der Waals surface area contributed by atoms with Gasteiger partial charge in [-0.05, 0) is 24.3 Å². The van der Waals surface area contributed by atoms with E-state index >= 15 is 0 Å². The van der Waals surface area contributed by atoms with Gasteiger partial charge in [0.15, 0.2) is 22.8 Å². The van der Waals surface area contributed by atoms with Gasteiger partial charge in [0.25, 0.3) is 5.91 Å². The van der Waals surface area contributed by atoms with Crippen molar-refractivity contribution in [1.29, 1.82) is 0 Å². The van der Waals surface area contributed by atoms with Crippen LogP contribution < -0.4 is 9.47 Å². The fourth-order valence-electron chi connectivity index (χ4n) is 3.12. The quantitative estimate of drug-likeness (QED) is 0.694. The zero-order valence-electron chi connectivity index (χ0n) is 15.3. The van der Waals surface area contributed by atoms with Gasteiger partial charge >= 0.3 is 6.09 Å². The second kappa shape index (κ2) is 7.59. The van der Waals surface area contributed by atoms with E-state index in [9.17, 15) is 9.59 Å². The summed E-state index contributed by atoms with van der Waals surface area (Å²) in [4.78, 5) is 32.2. The van der Waals surface area contributed by atoms with Gasteiger partial charge in [-0.1, -0.05) is 12.1 Å². The third-order valence-corrected chi connectivity index (χ3v) is 4.60. The molecule has 3 aromatic rings. The van der Waals surface area contributed by atoms with Crippen molar-refractivity contribution in [3.8, 4) is 11.5 Å². The minimum Gasteiger partial charge on any atom is -0.493 e. The van der Waals surface area contributed by atoms with Crippen molar-refractivity contribution in [2.45, 2.75) is 0 Å². The Bertz CT molecular complexity index is 994. The highest BCUT2D eigenvalue weighted by molar-refractivity contribution is 5.97. The summed E-state index contributed by atoms with van der Waals surface area (Å²) in [6.45, 7) is 1.56. The molecule has 0 atom stereocenters. The number of methoxy groups -OCH3 is 1. The summed E-state index contributed by atoms with van der Waals surface area (Å²) in [6, 6.07) is 10.6. The van der Waals surface area contributed by atoms with Gasteiger partial charge in [0.05, 0.1) is 13.3 Å². The van der Waals surface area contributed by atoms with Crippen LogP contribution in [0.2, 0.25) is 0 Å². The van der Waals surface area contributed by atoms with E-state index in [2.05, 4.69) is 4.98 Å². The van der Waals surface area contributed by atoms with E-state index in [4.69, 9.17) is 13.9 Å². The van der Waals surface area contributed by atoms with Crippen LogP contribution >= 0.6 is 0 Å². The van der Waals surface area contributed by atoms with Crippen LogP contribution in [0.15, 0.2) is 53.2 Å². The van der Waals surface area contributed by atoms with Crippen LogP contribution in [-0.4, -0.2) is 60.1 Å². The van der Waals surface area contributed by atoms with E-state index in [-0.39, 0.29) is 11.7 Å². The lowest BCUT2D eigenvalue weighted by Gasteiger charge is -2.33. The van der Waals surface area contributed by atoms with Crippen LogP contribution in [0.3, 0.4) is 0 Å². The molecule has 4 rings (SSSR count). The van der Waals surface area contributed by atoms with E-state index < -0.39 is 6.09 Å². The number of benzene rings is 1. The van der Waals surface area contributed by atoms with Gasteiger partial charge < -0.3 is 23.7 Å². The zero-order chi connectivity index (χ0) is 19.5. The van der Waals surface area contributed by atoms with Crippen molar-refractivity contribution >= 4 is 23.0 Å². The summed E-state index contributed by atoms with van der Waals surface area (Å²) in [7, 11) is 1.56. The average molecular weight is 381 g/mol. The number of para-hydroxylation sites is 1. The van der Waals surface area contributed by atoms with Crippen LogP contribution in [0.25, 0.3) is 11.0 Å². The van der Waals surface area contributed by atoms with Crippen LogP contribution in [0, 0.1) is 0 Å². The largest absolute Gasteiger partial charge is 0.493 e. The van der Waals surface area contributed by atoms with E-state index in [0.717, 1.165) is 5.39 Å². The van der Waals surface area contributed by atoms with Gasteiger partial charge in [-0.3, -0.25) is 9.78 Å². The molecule has 0 spiro atoms. The lowest BCUT2D eigenvalue weighted by molar-refractivity contribution is 0.0606. The molecule has 144 valence electrons. The summed E-state index contributed by atoms with van der Waals surface area (Å²) in [5.41, 5.74) is 0.548. The molecule has 0 bridgehead atoms. The topological polar surface area (TPSA) is 85.1 Å². The first kappa shape index (κ1) is 17.8. The monoisotopic (exact) mass is 381 g/mol. The number of furan rings is 1. The van der Waals surface area contributed by atoms with E-state index in [1.807, 2.05) is 12.1 Å². The smallest absolute Gasteiger partial charge is 0.415 e. The number of amides is 2. The number of ether oxygens (including phenoxy) is 2. The molecule has 0 unspecified atom stereocenters. The predicted octanol–water partition coefficient (Wildman–Crippen LogP) is 2.79. The molecule has 0 N–H and O–H groups in total. The molecule has 1 aromatic carbocycles. The predicted molar refractivity (Wildman–Crippen MR) is 101 cm³/mol. The van der Waals surface area contributed by atoms with Crippen LogP contribution in [-0.2, 0) is 0 Å². The van der Waals surface area contributed by atoms with Gasteiger partial charge in [-0.15, -0.1) is 0 Å². The highest BCUT2D eigenvalue weighted by Crippen LogP contribution is 2.29. The maximum absolute atomic E-state index is 12.8. The molecule has 1 aliphatic rings. The van der Waals surface area contributed by atoms with Gasteiger partial charge in [0.1, 0.15) is 0 Å². The third-order valence-electron chi connectivity index (χ3n) is 4.60. The van der Waals surface area contributed by atoms with Gasteiger partial charge in [0.2, 0.25) is 0 Å². The van der Waals surface area contributed by atoms with E-state index in [1.54, 1.807) is 47.4 Å². The maximum Gasteiger partial charge on any atom is 0.415 e. The SMILES string of the molecule is COc1cccc2cc(C(=O)N3CCN(C(=O)Oc4cccnc4)CC3)oc12. The Hall–Kier alpha value is -3.55. The van der Waals surface area contributed by atoms with Crippen molar-refractivity contribution < 1.29 is 23.5 Å². The molecular formula is C20H19N3O5. The number of piperazine rings is 1. The Labute approximate surface area is 161 Å². The Balaban J connectivity index is 1.39. The number of fused-ring (bicyclic) bond motifs is 1. The summed E-state index contributed by atoms with van der Waals surface area (Å²) in [5, 5.41) is 0.807. The molecule has 1 saturated heterocycles. The number of rotatable bonds is 3. The summed E-state index contributed by atoms with van der Waals surface area (Å²) >= 11 is 0. The normalized spacial score (nSPS) is 14.2. The molecule has 2 aromatic heterocycles. The molecule has 3 heterocycles. The number of hydrogen-bond donors (Lipinski definition) is 0. The van der Waals surface area contributed by atoms with Crippen molar-refractivity contribution in [2.75, 3.05) is 33.3 Å². The molecule has 8 nitrogen and oxygen atoms in total. The number of nitrogens with zero attached hydrogens (tertiary/aromatic N) is 3. The fourth-order valence-corrected chi connectivity index (χ4v) is 3.12. The Morgan fingerprint density at radius 1 is 1.07 bits per heavy atom. The number of pyridine rings is 1. The van der Waals surface area contributed by atoms with Gasteiger partial charge in [-0.25, -0.2) is 4.79 Å². The second-order valence-corrected chi connectivity index (χ2v) is 6.33. The number of carbonyl (C=O) groups is 2.